The summed E-state index contributed by atoms with van der Waals surface area (Å²) in [4.78, 5) is 4.31. The number of hydrogen-bond acceptors (Lipinski definition) is 7. The van der Waals surface area contributed by atoms with E-state index in [-0.39, 0.29) is 18.5 Å². The number of rotatable bonds is 3. The van der Waals surface area contributed by atoms with Gasteiger partial charge in [0.25, 0.3) is 5.91 Å². The number of nitrogens with two attached hydrogens (primary N) is 1. The van der Waals surface area contributed by atoms with Crippen LogP contribution in [0.25, 0.3) is 0 Å². The minimum atomic E-state index is -1.56. The normalized spacial score (nSPS) is 39.8. The molecule has 3 aliphatic rings. The molecule has 2 aliphatic heterocycles. The number of halogens is 1. The summed E-state index contributed by atoms with van der Waals surface area (Å²) in [5, 5.41) is 20.2. The van der Waals surface area contributed by atoms with Crippen molar-refractivity contribution in [2.75, 3.05) is 13.2 Å². The van der Waals surface area contributed by atoms with E-state index in [1.54, 1.807) is 0 Å². The summed E-state index contributed by atoms with van der Waals surface area (Å²) in [6.45, 7) is 4.45. The average molecular weight is 417 g/mol. The van der Waals surface area contributed by atoms with Gasteiger partial charge >= 0.3 is 0 Å². The minimum absolute atomic E-state index is 0.0723. The van der Waals surface area contributed by atoms with Gasteiger partial charge in [-0.1, -0.05) is 15.9 Å². The number of fused-ring (bicyclic) bond motifs is 2. The van der Waals surface area contributed by atoms with Gasteiger partial charge in [0.1, 0.15) is 17.0 Å². The van der Waals surface area contributed by atoms with Gasteiger partial charge in [0.2, 0.25) is 0 Å². The van der Waals surface area contributed by atoms with E-state index in [0.717, 1.165) is 4.47 Å². The molecule has 0 aromatic heterocycles. The molecule has 0 amide bonds. The summed E-state index contributed by atoms with van der Waals surface area (Å²) >= 11 is 3.46. The lowest BCUT2D eigenvalue weighted by Crippen LogP contribution is -2.39. The Hall–Kier alpha value is -2.13. The highest BCUT2D eigenvalue weighted by Crippen LogP contribution is 2.83. The van der Waals surface area contributed by atoms with Gasteiger partial charge in [-0.3, -0.25) is 0 Å². The molecule has 4 rings (SSSR count). The van der Waals surface area contributed by atoms with Crippen LogP contribution in [0.3, 0.4) is 0 Å². The zero-order chi connectivity index (χ0) is 18.7. The number of hydrogen-bond donors (Lipinski definition) is 1. The molecule has 134 valence electrons. The lowest BCUT2D eigenvalue weighted by molar-refractivity contribution is -0.193. The van der Waals surface area contributed by atoms with Crippen molar-refractivity contribution < 1.29 is 14.2 Å². The van der Waals surface area contributed by atoms with E-state index in [2.05, 4.69) is 33.1 Å². The molecule has 8 heteroatoms. The van der Waals surface area contributed by atoms with E-state index < -0.39 is 22.7 Å². The molecule has 1 aromatic rings. The first-order valence-corrected chi connectivity index (χ1v) is 9.14. The van der Waals surface area contributed by atoms with Crippen LogP contribution in [0.2, 0.25) is 0 Å². The highest BCUT2D eigenvalue weighted by atomic mass is 79.9. The first-order chi connectivity index (χ1) is 12.4. The Labute approximate surface area is 159 Å². The molecule has 7 nitrogen and oxygen atoms in total. The predicted octanol–water partition coefficient (Wildman–Crippen LogP) is 2.42. The third-order valence-corrected chi connectivity index (χ3v) is 5.88. The Morgan fingerprint density at radius 3 is 2.77 bits per heavy atom. The van der Waals surface area contributed by atoms with E-state index >= 15 is 0 Å². The zero-order valence-electron chi connectivity index (χ0n) is 14.3. The van der Waals surface area contributed by atoms with E-state index in [1.165, 1.54) is 0 Å². The average Bonchev–Trinajstić information content (AvgIpc) is 3.00. The molecule has 1 aliphatic carbocycles. The van der Waals surface area contributed by atoms with Gasteiger partial charge in [-0.05, 0) is 32.0 Å². The summed E-state index contributed by atoms with van der Waals surface area (Å²) in [6, 6.07) is 10.1. The van der Waals surface area contributed by atoms with Crippen LogP contribution in [-0.4, -0.2) is 31.1 Å². The quantitative estimate of drug-likeness (QED) is 0.808. The highest BCUT2D eigenvalue weighted by molar-refractivity contribution is 9.10. The van der Waals surface area contributed by atoms with Crippen molar-refractivity contribution in [1.82, 2.24) is 0 Å². The van der Waals surface area contributed by atoms with Crippen LogP contribution in [0.5, 0.6) is 5.75 Å². The lowest BCUT2D eigenvalue weighted by atomic mass is 9.93. The van der Waals surface area contributed by atoms with Crippen molar-refractivity contribution in [2.45, 2.75) is 31.8 Å². The second kappa shape index (κ2) is 5.43. The van der Waals surface area contributed by atoms with Crippen molar-refractivity contribution in [3.8, 4) is 17.9 Å². The number of nitrogens with zero attached hydrogens (tertiary/aromatic N) is 3. The van der Waals surface area contributed by atoms with Crippen LogP contribution in [-0.2, 0) is 9.47 Å². The van der Waals surface area contributed by atoms with Gasteiger partial charge in [0.15, 0.2) is 5.41 Å². The Morgan fingerprint density at radius 1 is 1.42 bits per heavy atom. The molecule has 1 saturated heterocycles. The summed E-state index contributed by atoms with van der Waals surface area (Å²) in [5.41, 5.74) is 4.24. The maximum Gasteiger partial charge on any atom is 0.293 e. The Morgan fingerprint density at radius 2 is 2.19 bits per heavy atom. The van der Waals surface area contributed by atoms with E-state index in [9.17, 15) is 10.5 Å². The fourth-order valence-corrected chi connectivity index (χ4v) is 4.74. The van der Waals surface area contributed by atoms with E-state index in [1.807, 2.05) is 32.0 Å². The molecule has 2 fully saturated rings. The smallest absolute Gasteiger partial charge is 0.293 e. The van der Waals surface area contributed by atoms with Crippen LogP contribution >= 0.6 is 15.9 Å². The molecule has 2 N–H and O–H groups in total. The van der Waals surface area contributed by atoms with Crippen molar-refractivity contribution in [2.24, 2.45) is 21.6 Å². The Bertz CT molecular complexity index is 907. The van der Waals surface area contributed by atoms with Crippen LogP contribution < -0.4 is 10.5 Å². The second-order valence-corrected chi connectivity index (χ2v) is 7.62. The molecule has 2 heterocycles. The number of aliphatic imine (C=N–C) groups is 1. The van der Waals surface area contributed by atoms with E-state index in [4.69, 9.17) is 19.9 Å². The molecular weight excluding hydrogens is 400 g/mol. The lowest BCUT2D eigenvalue weighted by Gasteiger charge is -2.26. The topological polar surface area (TPSA) is 114 Å². The molecule has 1 saturated carbocycles. The number of amidine groups is 1. The molecule has 0 radical (unpaired) electrons. The van der Waals surface area contributed by atoms with E-state index in [0.29, 0.717) is 17.9 Å². The molecule has 0 bridgehead atoms. The number of ether oxygens (including phenoxy) is 3. The third kappa shape index (κ3) is 1.75. The first kappa shape index (κ1) is 17.3. The summed E-state index contributed by atoms with van der Waals surface area (Å²) < 4.78 is 18.3. The van der Waals surface area contributed by atoms with Gasteiger partial charge in [-0.15, -0.1) is 0 Å². The molecule has 1 aromatic carbocycles. The van der Waals surface area contributed by atoms with Gasteiger partial charge in [-0.25, -0.2) is 4.99 Å². The van der Waals surface area contributed by atoms with Crippen molar-refractivity contribution in [3.63, 3.8) is 0 Å². The van der Waals surface area contributed by atoms with Gasteiger partial charge in [0, 0.05) is 16.0 Å². The second-order valence-electron chi connectivity index (χ2n) is 6.71. The van der Waals surface area contributed by atoms with Gasteiger partial charge < -0.3 is 19.9 Å². The third-order valence-electron chi connectivity index (χ3n) is 5.38. The SMILES string of the molecule is CCOc1ccc(Br)cc1C1C2(C#N)C(N)=NC3(OCC(C)O3)C12C#N. The molecule has 26 heavy (non-hydrogen) atoms. The first-order valence-electron chi connectivity index (χ1n) is 8.34. The molecule has 5 unspecified atom stereocenters. The monoisotopic (exact) mass is 416 g/mol. The standard InChI is InChI=1S/C18H17BrN4O3/c1-3-24-13-5-4-11(19)6-12(13)14-16(8-20)15(22)23-18(17(14,16)9-21)25-7-10(2)26-18/h4-6,10,14H,3,7H2,1-2H3,(H2,22,23). The molecular formula is C18H17BrN4O3. The molecule has 1 spiro atoms. The minimum Gasteiger partial charge on any atom is -0.494 e. The van der Waals surface area contributed by atoms with Crippen LogP contribution in [0.15, 0.2) is 27.7 Å². The van der Waals surface area contributed by atoms with Crippen molar-refractivity contribution in [3.05, 3.63) is 28.2 Å². The number of benzene rings is 1. The maximum absolute atomic E-state index is 10.2. The van der Waals surface area contributed by atoms with Crippen LogP contribution in [0, 0.1) is 33.5 Å². The maximum atomic E-state index is 10.2. The van der Waals surface area contributed by atoms with Gasteiger partial charge in [-0.2, -0.15) is 10.5 Å². The van der Waals surface area contributed by atoms with Crippen molar-refractivity contribution >= 4 is 21.8 Å². The zero-order valence-corrected chi connectivity index (χ0v) is 15.9. The highest BCUT2D eigenvalue weighted by Gasteiger charge is 2.94. The largest absolute Gasteiger partial charge is 0.494 e. The van der Waals surface area contributed by atoms with Gasteiger partial charge in [0.05, 0.1) is 31.5 Å². The fraction of sp³-hybridized carbons (Fsp3) is 0.500. The molecule has 5 atom stereocenters. The Kier molecular flexibility index (Phi) is 3.61. The summed E-state index contributed by atoms with van der Waals surface area (Å²) in [5.74, 6) is -1.44. The number of nitriles is 2. The summed E-state index contributed by atoms with van der Waals surface area (Å²) in [6.07, 6.45) is -0.249. The van der Waals surface area contributed by atoms with Crippen LogP contribution in [0.4, 0.5) is 0 Å². The summed E-state index contributed by atoms with van der Waals surface area (Å²) in [7, 11) is 0. The van der Waals surface area contributed by atoms with Crippen LogP contribution in [0.1, 0.15) is 25.3 Å². The predicted molar refractivity (Wildman–Crippen MR) is 95.0 cm³/mol. The van der Waals surface area contributed by atoms with Crippen molar-refractivity contribution in [1.29, 1.82) is 10.5 Å². The fourth-order valence-electron chi connectivity index (χ4n) is 4.36. The Balaban J connectivity index is 1.93.